The first-order valence-electron chi connectivity index (χ1n) is 8.35. The molecule has 0 heterocycles. The van der Waals surface area contributed by atoms with Gasteiger partial charge in [-0.2, -0.15) is 0 Å². The maximum atomic E-state index is 13.2. The summed E-state index contributed by atoms with van der Waals surface area (Å²) < 4.78 is 42.8. The minimum absolute atomic E-state index is 0.0158. The van der Waals surface area contributed by atoms with Crippen molar-refractivity contribution in [1.29, 1.82) is 0 Å². The predicted molar refractivity (Wildman–Crippen MR) is 108 cm³/mol. The molecule has 3 rings (SSSR count). The summed E-state index contributed by atoms with van der Waals surface area (Å²) in [7, 11) is -4.15. The summed E-state index contributed by atoms with van der Waals surface area (Å²) in [5, 5.41) is 8.27. The van der Waals surface area contributed by atoms with Gasteiger partial charge in [0.15, 0.2) is 0 Å². The molecule has 6 nitrogen and oxygen atoms in total. The third-order valence-corrected chi connectivity index (χ3v) is 4.98. The molecule has 0 aliphatic carbocycles. The number of halogens is 2. The summed E-state index contributed by atoms with van der Waals surface area (Å²) in [6, 6.07) is 16.1. The molecular formula is C20H16ClFN2O4S. The fourth-order valence-electron chi connectivity index (χ4n) is 2.59. The zero-order chi connectivity index (χ0) is 21.0. The first-order valence-corrected chi connectivity index (χ1v) is 10.3. The highest BCUT2D eigenvalue weighted by Gasteiger charge is 2.18. The Kier molecular flexibility index (Phi) is 6.17. The van der Waals surface area contributed by atoms with Crippen molar-refractivity contribution in [3.05, 3.63) is 83.1 Å². The number of hydrogen-bond donors (Lipinski definition) is 2. The number of nitrogens with one attached hydrogen (secondary N) is 1. The van der Waals surface area contributed by atoms with Gasteiger partial charge in [0.05, 0.1) is 6.42 Å². The Hall–Kier alpha value is -2.94. The summed E-state index contributed by atoms with van der Waals surface area (Å²) in [4.78, 5) is 11.9. The van der Waals surface area contributed by atoms with Crippen molar-refractivity contribution >= 4 is 33.2 Å². The van der Waals surface area contributed by atoms with Gasteiger partial charge in [-0.05, 0) is 54.1 Å². The minimum atomic E-state index is -4.15. The van der Waals surface area contributed by atoms with E-state index >= 15 is 0 Å². The smallest absolute Gasteiger partial charge is 0.241 e. The number of anilines is 1. The molecule has 0 spiro atoms. The van der Waals surface area contributed by atoms with E-state index in [0.29, 0.717) is 16.3 Å². The van der Waals surface area contributed by atoms with Gasteiger partial charge in [-0.25, -0.2) is 17.9 Å². The monoisotopic (exact) mass is 434 g/mol. The number of hydrogen-bond acceptors (Lipinski definition) is 4. The zero-order valence-corrected chi connectivity index (χ0v) is 16.5. The molecule has 1 amide bonds. The van der Waals surface area contributed by atoms with Crippen LogP contribution in [0.4, 0.5) is 10.1 Å². The van der Waals surface area contributed by atoms with Crippen LogP contribution in [0.3, 0.4) is 0 Å². The molecule has 3 aromatic carbocycles. The number of rotatable bonds is 6. The quantitative estimate of drug-likeness (QED) is 0.610. The van der Waals surface area contributed by atoms with E-state index in [1.807, 2.05) is 0 Å². The average molecular weight is 435 g/mol. The Morgan fingerprint density at radius 3 is 2.52 bits per heavy atom. The van der Waals surface area contributed by atoms with Crippen molar-refractivity contribution in [3.8, 4) is 11.5 Å². The molecule has 3 aromatic rings. The Morgan fingerprint density at radius 2 is 1.83 bits per heavy atom. The average Bonchev–Trinajstić information content (AvgIpc) is 2.62. The molecule has 0 aliphatic heterocycles. The molecule has 0 atom stereocenters. The van der Waals surface area contributed by atoms with Crippen LogP contribution in [0.15, 0.2) is 71.6 Å². The number of carbonyl (C=O) groups is 1. The molecule has 0 aromatic heterocycles. The van der Waals surface area contributed by atoms with Crippen LogP contribution in [0.5, 0.6) is 11.5 Å². The van der Waals surface area contributed by atoms with Gasteiger partial charge in [-0.3, -0.25) is 4.79 Å². The lowest BCUT2D eigenvalue weighted by molar-refractivity contribution is -0.115. The summed E-state index contributed by atoms with van der Waals surface area (Å²) in [6.45, 7) is 0. The minimum Gasteiger partial charge on any atom is -0.456 e. The van der Waals surface area contributed by atoms with Crippen LogP contribution in [0.25, 0.3) is 0 Å². The van der Waals surface area contributed by atoms with Gasteiger partial charge in [0.2, 0.25) is 15.9 Å². The van der Waals surface area contributed by atoms with Crippen LogP contribution >= 0.6 is 11.6 Å². The second kappa shape index (κ2) is 8.60. The number of sulfonamides is 1. The topological polar surface area (TPSA) is 98.5 Å². The van der Waals surface area contributed by atoms with E-state index in [-0.39, 0.29) is 22.8 Å². The van der Waals surface area contributed by atoms with Gasteiger partial charge in [0.25, 0.3) is 0 Å². The Bertz CT molecular complexity index is 1170. The maximum absolute atomic E-state index is 13.2. The van der Waals surface area contributed by atoms with Crippen LogP contribution in [-0.2, 0) is 21.2 Å². The van der Waals surface area contributed by atoms with Gasteiger partial charge in [-0.1, -0.05) is 29.8 Å². The van der Waals surface area contributed by atoms with E-state index < -0.39 is 21.7 Å². The summed E-state index contributed by atoms with van der Waals surface area (Å²) in [5.74, 6) is -0.586. The van der Waals surface area contributed by atoms with Crippen molar-refractivity contribution in [2.45, 2.75) is 11.3 Å². The molecular weight excluding hydrogens is 419 g/mol. The first-order chi connectivity index (χ1) is 13.7. The van der Waals surface area contributed by atoms with Crippen LogP contribution < -0.4 is 15.2 Å². The first kappa shape index (κ1) is 20.8. The second-order valence-corrected chi connectivity index (χ2v) is 8.09. The number of amides is 1. The fourth-order valence-corrected chi connectivity index (χ4v) is 3.45. The highest BCUT2D eigenvalue weighted by Crippen LogP contribution is 2.31. The Balaban J connectivity index is 1.82. The molecule has 29 heavy (non-hydrogen) atoms. The predicted octanol–water partition coefficient (Wildman–Crippen LogP) is 4.10. The molecule has 0 saturated heterocycles. The summed E-state index contributed by atoms with van der Waals surface area (Å²) in [5.41, 5.74) is 0.684. The molecule has 0 unspecified atom stereocenters. The van der Waals surface area contributed by atoms with Gasteiger partial charge < -0.3 is 10.1 Å². The van der Waals surface area contributed by atoms with E-state index in [9.17, 15) is 17.6 Å². The van der Waals surface area contributed by atoms with Gasteiger partial charge in [-0.15, -0.1) is 0 Å². The van der Waals surface area contributed by atoms with E-state index in [2.05, 4.69) is 5.32 Å². The third kappa shape index (κ3) is 5.77. The van der Waals surface area contributed by atoms with Crippen LogP contribution in [-0.4, -0.2) is 14.3 Å². The lowest BCUT2D eigenvalue weighted by Crippen LogP contribution is -2.17. The van der Waals surface area contributed by atoms with E-state index in [0.717, 1.165) is 0 Å². The lowest BCUT2D eigenvalue weighted by Gasteiger charge is -2.13. The fraction of sp³-hybridized carbons (Fsp3) is 0.0500. The van der Waals surface area contributed by atoms with Crippen molar-refractivity contribution in [1.82, 2.24) is 0 Å². The van der Waals surface area contributed by atoms with Crippen molar-refractivity contribution < 1.29 is 22.3 Å². The van der Waals surface area contributed by atoms with Gasteiger partial charge in [0.1, 0.15) is 22.2 Å². The standard InChI is InChI=1S/C20H16ClFN2O4S/c21-14-4-2-6-17(11-14)28-18-8-7-16(12-19(18)29(23,26)27)24-20(25)10-13-3-1-5-15(22)9-13/h1-9,11-12H,10H2,(H,24,25)(H2,23,26,27). The largest absolute Gasteiger partial charge is 0.456 e. The third-order valence-electron chi connectivity index (χ3n) is 3.81. The molecule has 0 fully saturated rings. The maximum Gasteiger partial charge on any atom is 0.241 e. The molecule has 0 aliphatic rings. The molecule has 150 valence electrons. The normalized spacial score (nSPS) is 11.1. The molecule has 3 N–H and O–H groups in total. The van der Waals surface area contributed by atoms with Crippen LogP contribution in [0.1, 0.15) is 5.56 Å². The van der Waals surface area contributed by atoms with Crippen molar-refractivity contribution in [2.75, 3.05) is 5.32 Å². The molecule has 9 heteroatoms. The zero-order valence-electron chi connectivity index (χ0n) is 14.9. The Labute approximate surface area is 172 Å². The Morgan fingerprint density at radius 1 is 1.07 bits per heavy atom. The number of primary sulfonamides is 1. The SMILES string of the molecule is NS(=O)(=O)c1cc(NC(=O)Cc2cccc(F)c2)ccc1Oc1cccc(Cl)c1. The second-order valence-electron chi connectivity index (χ2n) is 6.12. The van der Waals surface area contributed by atoms with Crippen molar-refractivity contribution in [3.63, 3.8) is 0 Å². The number of carbonyl (C=O) groups excluding carboxylic acids is 1. The number of ether oxygens (including phenoxy) is 1. The number of nitrogens with two attached hydrogens (primary N) is 1. The number of benzene rings is 3. The van der Waals surface area contributed by atoms with E-state index in [1.54, 1.807) is 24.3 Å². The van der Waals surface area contributed by atoms with Crippen LogP contribution in [0, 0.1) is 5.82 Å². The van der Waals surface area contributed by atoms with Gasteiger partial charge >= 0.3 is 0 Å². The van der Waals surface area contributed by atoms with Crippen molar-refractivity contribution in [2.24, 2.45) is 5.14 Å². The highest BCUT2D eigenvalue weighted by atomic mass is 35.5. The lowest BCUT2D eigenvalue weighted by atomic mass is 10.1. The highest BCUT2D eigenvalue weighted by molar-refractivity contribution is 7.89. The summed E-state index contributed by atoms with van der Waals surface area (Å²) >= 11 is 5.91. The van der Waals surface area contributed by atoms with E-state index in [1.165, 1.54) is 42.5 Å². The molecule has 0 bridgehead atoms. The molecule has 0 radical (unpaired) electrons. The molecule has 0 saturated carbocycles. The van der Waals surface area contributed by atoms with Gasteiger partial charge in [0, 0.05) is 10.7 Å². The van der Waals surface area contributed by atoms with Crippen LogP contribution in [0.2, 0.25) is 5.02 Å². The van der Waals surface area contributed by atoms with E-state index in [4.69, 9.17) is 21.5 Å². The summed E-state index contributed by atoms with van der Waals surface area (Å²) in [6.07, 6.45) is -0.0801.